The average molecular weight is 535 g/mol. The lowest BCUT2D eigenvalue weighted by atomic mass is 10.0. The Labute approximate surface area is 230 Å². The van der Waals surface area contributed by atoms with Gasteiger partial charge in [-0.25, -0.2) is 4.79 Å². The summed E-state index contributed by atoms with van der Waals surface area (Å²) in [5.74, 6) is -0.574. The van der Waals surface area contributed by atoms with E-state index in [1.54, 1.807) is 0 Å². The molecule has 1 rings (SSSR count). The van der Waals surface area contributed by atoms with Crippen molar-refractivity contribution in [3.8, 4) is 0 Å². The highest BCUT2D eigenvalue weighted by Crippen LogP contribution is 2.17. The lowest BCUT2D eigenvalue weighted by Crippen LogP contribution is -2.37. The molecular weight excluding hydrogens is 480 g/mol. The summed E-state index contributed by atoms with van der Waals surface area (Å²) in [6.07, 6.45) is 23.7. The molecule has 4 N–H and O–H groups in total. The Balaban J connectivity index is 2.12. The molecule has 1 aromatic heterocycles. The Morgan fingerprint density at radius 1 is 0.868 bits per heavy atom. The van der Waals surface area contributed by atoms with E-state index in [4.69, 9.17) is 10.5 Å². The van der Waals surface area contributed by atoms with E-state index >= 15 is 0 Å². The number of nitrogens with one attached hydrogen (secondary N) is 2. The van der Waals surface area contributed by atoms with Crippen LogP contribution in [-0.4, -0.2) is 34.5 Å². The normalized spacial score (nSPS) is 12.0. The van der Waals surface area contributed by atoms with Gasteiger partial charge < -0.3 is 20.8 Å². The molecule has 0 spiro atoms. The lowest BCUT2D eigenvalue weighted by Gasteiger charge is -2.15. The number of ether oxygens (including phenoxy) is 1. The number of Topliss-reactive ketones (excluding diaryl/α,β-unsaturated/α-hetero) is 1. The molecule has 1 heterocycles. The van der Waals surface area contributed by atoms with Gasteiger partial charge in [0.25, 0.3) is 0 Å². The Morgan fingerprint density at radius 3 is 1.82 bits per heavy atom. The van der Waals surface area contributed by atoms with Crippen LogP contribution in [0.4, 0.5) is 5.82 Å². The van der Waals surface area contributed by atoms with Crippen LogP contribution >= 0.6 is 0 Å². The molecule has 38 heavy (non-hydrogen) atoms. The molecule has 1 atom stereocenters. The number of rotatable bonds is 24. The third-order valence-electron chi connectivity index (χ3n) is 7.06. The van der Waals surface area contributed by atoms with Crippen LogP contribution in [0.1, 0.15) is 147 Å². The zero-order chi connectivity index (χ0) is 28.0. The van der Waals surface area contributed by atoms with Gasteiger partial charge in [0.2, 0.25) is 0 Å². The molecule has 0 aromatic carbocycles. The van der Waals surface area contributed by atoms with Gasteiger partial charge in [0.1, 0.15) is 11.9 Å². The fraction of sp³-hybridized carbons (Fsp3) is 0.800. The molecule has 0 aliphatic heterocycles. The first-order valence-corrected chi connectivity index (χ1v) is 15.2. The van der Waals surface area contributed by atoms with E-state index in [1.807, 2.05) is 13.8 Å². The summed E-state index contributed by atoms with van der Waals surface area (Å²) in [6, 6.07) is -0.732. The number of carbonyl (C=O) groups excluding carboxylic acids is 2. The Kier molecular flexibility index (Phi) is 19.3. The number of carbonyl (C=O) groups is 2. The average Bonchev–Trinajstić information content (AvgIpc) is 2.89. The fourth-order valence-electron chi connectivity index (χ4n) is 4.43. The number of ketones is 1. The van der Waals surface area contributed by atoms with E-state index in [2.05, 4.69) is 22.2 Å². The maximum absolute atomic E-state index is 12.7. The van der Waals surface area contributed by atoms with Crippen LogP contribution in [0.15, 0.2) is 11.0 Å². The zero-order valence-electron chi connectivity index (χ0n) is 24.3. The molecule has 0 saturated carbocycles. The van der Waals surface area contributed by atoms with Crippen molar-refractivity contribution in [2.75, 3.05) is 12.0 Å². The minimum atomic E-state index is -0.732. The lowest BCUT2D eigenvalue weighted by molar-refractivity contribution is -0.145. The first-order chi connectivity index (χ1) is 18.4. The molecule has 0 aliphatic carbocycles. The number of hydrogen-bond donors (Lipinski definition) is 3. The zero-order valence-corrected chi connectivity index (χ0v) is 24.3. The molecule has 0 amide bonds. The number of anilines is 1. The van der Waals surface area contributed by atoms with Crippen LogP contribution in [0.5, 0.6) is 0 Å². The number of aromatic nitrogens is 2. The Morgan fingerprint density at radius 2 is 1.34 bits per heavy atom. The number of hydrogen-bond acceptors (Lipinski definition) is 7. The summed E-state index contributed by atoms with van der Waals surface area (Å²) in [4.78, 5) is 42.5. The van der Waals surface area contributed by atoms with Crippen molar-refractivity contribution in [2.45, 2.75) is 142 Å². The van der Waals surface area contributed by atoms with Crippen molar-refractivity contribution >= 4 is 17.6 Å². The van der Waals surface area contributed by atoms with Gasteiger partial charge in [-0.3, -0.25) is 9.59 Å². The van der Waals surface area contributed by atoms with Crippen molar-refractivity contribution in [3.63, 3.8) is 0 Å². The highest BCUT2D eigenvalue weighted by atomic mass is 16.5. The molecule has 8 nitrogen and oxygen atoms in total. The minimum Gasteiger partial charge on any atom is -0.443 e. The van der Waals surface area contributed by atoms with Crippen LogP contribution in [0, 0.1) is 5.92 Å². The monoisotopic (exact) mass is 534 g/mol. The molecule has 8 heteroatoms. The third-order valence-corrected chi connectivity index (χ3v) is 7.06. The van der Waals surface area contributed by atoms with E-state index in [0.717, 1.165) is 19.3 Å². The molecule has 1 aromatic rings. The molecule has 218 valence electrons. The smallest absolute Gasteiger partial charge is 0.346 e. The maximum atomic E-state index is 12.7. The van der Waals surface area contributed by atoms with Crippen LogP contribution in [-0.2, 0) is 9.53 Å². The number of nitrogens with two attached hydrogens (primary N) is 1. The number of aromatic amines is 1. The van der Waals surface area contributed by atoms with Crippen molar-refractivity contribution < 1.29 is 14.3 Å². The van der Waals surface area contributed by atoms with E-state index in [1.165, 1.54) is 96.1 Å². The summed E-state index contributed by atoms with van der Waals surface area (Å²) in [7, 11) is 0. The third kappa shape index (κ3) is 15.9. The number of unbranched alkanes of at least 4 members (excludes halogenated alkanes) is 16. The van der Waals surface area contributed by atoms with Gasteiger partial charge in [0.15, 0.2) is 12.5 Å². The van der Waals surface area contributed by atoms with E-state index < -0.39 is 17.7 Å². The van der Waals surface area contributed by atoms with Gasteiger partial charge in [-0.05, 0) is 12.3 Å². The van der Waals surface area contributed by atoms with Crippen molar-refractivity contribution in [1.82, 2.24) is 9.97 Å². The second-order valence-electron chi connectivity index (χ2n) is 10.9. The molecule has 0 fully saturated rings. The van der Waals surface area contributed by atoms with Gasteiger partial charge in [0.05, 0.1) is 5.56 Å². The molecule has 0 aliphatic rings. The summed E-state index contributed by atoms with van der Waals surface area (Å²) in [5, 5.41) is 2.77. The van der Waals surface area contributed by atoms with Gasteiger partial charge in [0, 0.05) is 12.6 Å². The van der Waals surface area contributed by atoms with Gasteiger partial charge in [-0.15, -0.1) is 0 Å². The van der Waals surface area contributed by atoms with Crippen LogP contribution in [0.25, 0.3) is 0 Å². The predicted octanol–water partition coefficient (Wildman–Crippen LogP) is 6.89. The van der Waals surface area contributed by atoms with Gasteiger partial charge in [-0.1, -0.05) is 124 Å². The van der Waals surface area contributed by atoms with E-state index in [-0.39, 0.29) is 24.2 Å². The second-order valence-corrected chi connectivity index (χ2v) is 10.9. The summed E-state index contributed by atoms with van der Waals surface area (Å²) < 4.78 is 5.10. The first kappa shape index (κ1) is 33.8. The molecule has 0 unspecified atom stereocenters. The second kappa shape index (κ2) is 21.7. The van der Waals surface area contributed by atoms with Gasteiger partial charge >= 0.3 is 11.7 Å². The Hall–Kier alpha value is -2.22. The molecular formula is C30H54N4O4. The fourth-order valence-corrected chi connectivity index (χ4v) is 4.43. The van der Waals surface area contributed by atoms with Crippen molar-refractivity contribution in [1.29, 1.82) is 0 Å². The van der Waals surface area contributed by atoms with E-state index in [9.17, 15) is 14.4 Å². The van der Waals surface area contributed by atoms with Crippen molar-refractivity contribution in [2.24, 2.45) is 11.7 Å². The summed E-state index contributed by atoms with van der Waals surface area (Å²) >= 11 is 0. The van der Waals surface area contributed by atoms with Crippen molar-refractivity contribution in [3.05, 3.63) is 22.2 Å². The number of H-pyrrole nitrogens is 1. The quantitative estimate of drug-likeness (QED) is 0.0570. The van der Waals surface area contributed by atoms with Crippen LogP contribution < -0.4 is 16.7 Å². The van der Waals surface area contributed by atoms with Crippen LogP contribution in [0.3, 0.4) is 0 Å². The SMILES string of the molecule is CCCCCCCCCCCCCCCCCCCC(=O)c1c[nH]c(=O)nc1NCOC(=O)[C@@H](N)C(C)C. The highest BCUT2D eigenvalue weighted by molar-refractivity contribution is 6.00. The molecule has 0 radical (unpaired) electrons. The first-order valence-electron chi connectivity index (χ1n) is 15.2. The summed E-state index contributed by atoms with van der Waals surface area (Å²) in [6.45, 7) is 5.71. The van der Waals surface area contributed by atoms with Crippen LogP contribution in [0.2, 0.25) is 0 Å². The largest absolute Gasteiger partial charge is 0.443 e. The topological polar surface area (TPSA) is 127 Å². The van der Waals surface area contributed by atoms with Gasteiger partial charge in [-0.2, -0.15) is 4.98 Å². The molecule has 0 bridgehead atoms. The number of nitrogens with zero attached hydrogens (tertiary/aromatic N) is 1. The number of esters is 1. The Bertz CT molecular complexity index is 825. The standard InChI is InChI=1S/C30H54N4O4/c1-4-5-6-7-8-9-10-11-12-13-14-15-16-17-18-19-20-21-26(35)25-22-32-30(37)34-28(25)33-23-38-29(36)27(31)24(2)3/h22,24,27H,4-21,23,31H2,1-3H3,(H2,32,33,34,37)/t27-/m0/s1. The highest BCUT2D eigenvalue weighted by Gasteiger charge is 2.19. The summed E-state index contributed by atoms with van der Waals surface area (Å²) in [5.41, 5.74) is 5.49. The predicted molar refractivity (Wildman–Crippen MR) is 155 cm³/mol. The molecule has 0 saturated heterocycles. The maximum Gasteiger partial charge on any atom is 0.346 e. The minimum absolute atomic E-state index is 0.0538. The van der Waals surface area contributed by atoms with E-state index in [0.29, 0.717) is 12.0 Å².